The van der Waals surface area contributed by atoms with Gasteiger partial charge in [-0.15, -0.1) is 0 Å². The monoisotopic (exact) mass is 583 g/mol. The second kappa shape index (κ2) is 10.8. The lowest BCUT2D eigenvalue weighted by molar-refractivity contribution is -0.0492. The van der Waals surface area contributed by atoms with Crippen LogP contribution in [0.15, 0.2) is 71.3 Å². The summed E-state index contributed by atoms with van der Waals surface area (Å²) >= 11 is 3.44. The first-order chi connectivity index (χ1) is 17.1. The normalized spacial score (nSPS) is 16.9. The number of anilines is 1. The lowest BCUT2D eigenvalue weighted by Crippen LogP contribution is -2.47. The maximum absolute atomic E-state index is 13.7. The van der Waals surface area contributed by atoms with Gasteiger partial charge in [0.25, 0.3) is 0 Å². The average Bonchev–Trinajstić information content (AvgIpc) is 3.00. The second-order valence-corrected chi connectivity index (χ2v) is 11.3. The van der Waals surface area contributed by atoms with E-state index in [1.54, 1.807) is 30.5 Å². The van der Waals surface area contributed by atoms with Gasteiger partial charge in [-0.05, 0) is 42.7 Å². The Kier molecular flexibility index (Phi) is 7.91. The molecule has 1 aliphatic heterocycles. The molecular formula is C25H25BrF3N3O3S. The molecule has 0 spiro atoms. The van der Waals surface area contributed by atoms with Gasteiger partial charge in [0, 0.05) is 41.1 Å². The summed E-state index contributed by atoms with van der Waals surface area (Å²) in [7, 11) is -4.17. The van der Waals surface area contributed by atoms with Gasteiger partial charge in [-0.25, -0.2) is 8.42 Å². The number of benzene rings is 2. The molecule has 1 aromatic heterocycles. The standard InChI is InChI=1S/C25H25BrF3N3O3S/c1-35-24-9-5-8-23-22(24)17-31(36(33,34)25(27,28)29)16-21(11-10-18-6-3-2-4-7-18)32(23)15-20-14-19(26)12-13-30-20/h2-9,12-14,21H,10-11,15-17H2,1H3/t21-/m1/s1. The molecule has 3 aromatic rings. The molecule has 0 saturated carbocycles. The summed E-state index contributed by atoms with van der Waals surface area (Å²) in [6.07, 6.45) is 2.63. The number of sulfonamides is 1. The van der Waals surface area contributed by atoms with Crippen molar-refractivity contribution in [3.63, 3.8) is 0 Å². The number of halogens is 4. The van der Waals surface area contributed by atoms with Crippen LogP contribution in [0.5, 0.6) is 5.75 Å². The molecule has 36 heavy (non-hydrogen) atoms. The van der Waals surface area contributed by atoms with E-state index in [2.05, 4.69) is 20.9 Å². The summed E-state index contributed by atoms with van der Waals surface area (Å²) in [5.41, 5.74) is -2.72. The van der Waals surface area contributed by atoms with E-state index < -0.39 is 28.1 Å². The number of hydrogen-bond donors (Lipinski definition) is 0. The molecule has 1 atom stereocenters. The van der Waals surface area contributed by atoms with Gasteiger partial charge in [-0.2, -0.15) is 17.5 Å². The van der Waals surface area contributed by atoms with Crippen LogP contribution >= 0.6 is 15.9 Å². The third-order valence-electron chi connectivity index (χ3n) is 6.18. The number of pyridine rings is 1. The number of fused-ring (bicyclic) bond motifs is 1. The zero-order valence-corrected chi connectivity index (χ0v) is 21.9. The molecule has 0 radical (unpaired) electrons. The van der Waals surface area contributed by atoms with Crippen LogP contribution in [0.4, 0.5) is 18.9 Å². The third kappa shape index (κ3) is 5.68. The SMILES string of the molecule is COc1cccc2c1CN(S(=O)(=O)C(F)(F)F)C[C@@H](CCc1ccccc1)N2Cc1cc(Br)ccn1. The number of aromatic nitrogens is 1. The van der Waals surface area contributed by atoms with Crippen LogP contribution in [0, 0.1) is 0 Å². The predicted molar refractivity (Wildman–Crippen MR) is 135 cm³/mol. The van der Waals surface area contributed by atoms with E-state index >= 15 is 0 Å². The Hall–Kier alpha value is -2.63. The summed E-state index contributed by atoms with van der Waals surface area (Å²) in [5, 5.41) is 0. The van der Waals surface area contributed by atoms with Crippen molar-refractivity contribution in [2.45, 2.75) is 37.5 Å². The number of hydrogen-bond acceptors (Lipinski definition) is 5. The van der Waals surface area contributed by atoms with Gasteiger partial charge >= 0.3 is 15.5 Å². The van der Waals surface area contributed by atoms with Crippen molar-refractivity contribution < 1.29 is 26.3 Å². The molecule has 2 heterocycles. The Morgan fingerprint density at radius 2 is 1.86 bits per heavy atom. The van der Waals surface area contributed by atoms with Crippen molar-refractivity contribution in [1.29, 1.82) is 0 Å². The molecule has 192 valence electrons. The smallest absolute Gasteiger partial charge is 0.496 e. The number of ether oxygens (including phenoxy) is 1. The zero-order valence-electron chi connectivity index (χ0n) is 19.5. The van der Waals surface area contributed by atoms with Crippen molar-refractivity contribution in [2.75, 3.05) is 18.6 Å². The molecule has 11 heteroatoms. The lowest BCUT2D eigenvalue weighted by atomic mass is 10.0. The third-order valence-corrected chi connectivity index (χ3v) is 8.22. The van der Waals surface area contributed by atoms with Crippen molar-refractivity contribution >= 4 is 31.6 Å². The fourth-order valence-electron chi connectivity index (χ4n) is 4.42. The largest absolute Gasteiger partial charge is 0.511 e. The number of alkyl halides is 3. The molecule has 1 aliphatic rings. The van der Waals surface area contributed by atoms with E-state index in [1.165, 1.54) is 7.11 Å². The van der Waals surface area contributed by atoms with Crippen molar-refractivity contribution in [3.8, 4) is 5.75 Å². The van der Waals surface area contributed by atoms with Crippen molar-refractivity contribution in [2.24, 2.45) is 0 Å². The van der Waals surface area contributed by atoms with E-state index in [-0.39, 0.29) is 13.1 Å². The first kappa shape index (κ1) is 26.4. The van der Waals surface area contributed by atoms with Crippen LogP contribution in [-0.4, -0.2) is 42.9 Å². The zero-order chi connectivity index (χ0) is 25.9. The van der Waals surface area contributed by atoms with E-state index in [0.717, 1.165) is 10.0 Å². The molecule has 6 nitrogen and oxygen atoms in total. The molecule has 0 bridgehead atoms. The minimum atomic E-state index is -5.58. The highest BCUT2D eigenvalue weighted by Gasteiger charge is 2.51. The van der Waals surface area contributed by atoms with E-state index in [9.17, 15) is 21.6 Å². The number of nitrogens with zero attached hydrogens (tertiary/aromatic N) is 3. The summed E-state index contributed by atoms with van der Waals surface area (Å²) in [4.78, 5) is 6.37. The van der Waals surface area contributed by atoms with Gasteiger partial charge in [0.05, 0.1) is 19.3 Å². The molecular weight excluding hydrogens is 559 g/mol. The van der Waals surface area contributed by atoms with Crippen LogP contribution in [-0.2, 0) is 29.5 Å². The maximum atomic E-state index is 13.7. The molecule has 0 saturated heterocycles. The summed E-state index contributed by atoms with van der Waals surface area (Å²) < 4.78 is 73.1. The number of rotatable bonds is 7. The average molecular weight is 584 g/mol. The Labute approximate surface area is 216 Å². The fourth-order valence-corrected chi connectivity index (χ4v) is 5.77. The molecule has 4 rings (SSSR count). The van der Waals surface area contributed by atoms with Gasteiger partial charge in [-0.3, -0.25) is 4.98 Å². The second-order valence-electron chi connectivity index (χ2n) is 8.47. The topological polar surface area (TPSA) is 62.7 Å². The maximum Gasteiger partial charge on any atom is 0.511 e. The van der Waals surface area contributed by atoms with E-state index in [4.69, 9.17) is 4.74 Å². The Morgan fingerprint density at radius 3 is 2.53 bits per heavy atom. The van der Waals surface area contributed by atoms with Crippen LogP contribution in [0.25, 0.3) is 0 Å². The molecule has 2 aromatic carbocycles. The quantitative estimate of drug-likeness (QED) is 0.366. The van der Waals surface area contributed by atoms with Crippen LogP contribution in [0.1, 0.15) is 23.2 Å². The first-order valence-electron chi connectivity index (χ1n) is 11.2. The highest BCUT2D eigenvalue weighted by molar-refractivity contribution is 9.10. The van der Waals surface area contributed by atoms with E-state index in [1.807, 2.05) is 41.3 Å². The van der Waals surface area contributed by atoms with Crippen LogP contribution in [0.2, 0.25) is 0 Å². The molecule has 0 unspecified atom stereocenters. The van der Waals surface area contributed by atoms with Gasteiger partial charge in [-0.1, -0.05) is 52.3 Å². The van der Waals surface area contributed by atoms with Gasteiger partial charge < -0.3 is 9.64 Å². The summed E-state index contributed by atoms with van der Waals surface area (Å²) in [5.74, 6) is 0.325. The van der Waals surface area contributed by atoms with E-state index in [0.29, 0.717) is 39.8 Å². The van der Waals surface area contributed by atoms with Gasteiger partial charge in [0.2, 0.25) is 0 Å². The van der Waals surface area contributed by atoms with Crippen LogP contribution < -0.4 is 9.64 Å². The summed E-state index contributed by atoms with van der Waals surface area (Å²) in [6.45, 7) is -0.509. The fraction of sp³-hybridized carbons (Fsp3) is 0.320. The minimum Gasteiger partial charge on any atom is -0.496 e. The molecule has 0 fully saturated rings. The number of methoxy groups -OCH3 is 1. The van der Waals surface area contributed by atoms with Crippen molar-refractivity contribution in [3.05, 3.63) is 88.2 Å². The van der Waals surface area contributed by atoms with Gasteiger partial charge in [0.15, 0.2) is 0 Å². The predicted octanol–water partition coefficient (Wildman–Crippen LogP) is 5.53. The number of aryl methyl sites for hydroxylation is 1. The lowest BCUT2D eigenvalue weighted by Gasteiger charge is -2.34. The highest BCUT2D eigenvalue weighted by atomic mass is 79.9. The Bertz CT molecular complexity index is 1310. The molecule has 0 amide bonds. The van der Waals surface area contributed by atoms with Crippen molar-refractivity contribution in [1.82, 2.24) is 9.29 Å². The Balaban J connectivity index is 1.82. The molecule has 0 aliphatic carbocycles. The van der Waals surface area contributed by atoms with Crippen LogP contribution in [0.3, 0.4) is 0 Å². The summed E-state index contributed by atoms with van der Waals surface area (Å²) in [6, 6.07) is 17.8. The Morgan fingerprint density at radius 1 is 1.11 bits per heavy atom. The minimum absolute atomic E-state index is 0.277. The highest BCUT2D eigenvalue weighted by Crippen LogP contribution is 2.39. The molecule has 0 N–H and O–H groups in total. The van der Waals surface area contributed by atoms with Gasteiger partial charge in [0.1, 0.15) is 5.75 Å². The first-order valence-corrected chi connectivity index (χ1v) is 13.5.